The van der Waals surface area contributed by atoms with E-state index in [9.17, 15) is 9.90 Å². The normalized spacial score (nSPS) is 12.0. The minimum absolute atomic E-state index is 0.00400. The highest BCUT2D eigenvalue weighted by Gasteiger charge is 2.13. The number of ketones is 1. The fourth-order valence-electron chi connectivity index (χ4n) is 2.39. The van der Waals surface area contributed by atoms with Crippen molar-refractivity contribution in [3.05, 3.63) is 59.7 Å². The molecule has 0 saturated carbocycles. The van der Waals surface area contributed by atoms with Crippen molar-refractivity contribution in [2.24, 2.45) is 0 Å². The molecule has 0 amide bonds. The smallest absolute Gasteiger partial charge is 0.214 e. The van der Waals surface area contributed by atoms with Crippen LogP contribution >= 0.6 is 11.8 Å². The van der Waals surface area contributed by atoms with Gasteiger partial charge in [0, 0.05) is 11.3 Å². The first kappa shape index (κ1) is 19.1. The second-order valence-electron chi connectivity index (χ2n) is 6.07. The van der Waals surface area contributed by atoms with Gasteiger partial charge < -0.3 is 9.84 Å². The van der Waals surface area contributed by atoms with E-state index in [4.69, 9.17) is 4.74 Å². The third-order valence-electron chi connectivity index (χ3n) is 3.80. The van der Waals surface area contributed by atoms with Crippen molar-refractivity contribution in [3.63, 3.8) is 0 Å². The summed E-state index contributed by atoms with van der Waals surface area (Å²) < 4.78 is 7.21. The van der Waals surface area contributed by atoms with Crippen LogP contribution in [0.15, 0.2) is 53.7 Å². The minimum atomic E-state index is -0.690. The zero-order valence-electron chi connectivity index (χ0n) is 15.1. The van der Waals surface area contributed by atoms with Crippen LogP contribution in [0, 0.1) is 6.92 Å². The predicted molar refractivity (Wildman–Crippen MR) is 103 cm³/mol. The maximum Gasteiger partial charge on any atom is 0.214 e. The van der Waals surface area contributed by atoms with Gasteiger partial charge in [-0.05, 0) is 66.2 Å². The van der Waals surface area contributed by atoms with E-state index in [1.807, 2.05) is 31.2 Å². The van der Waals surface area contributed by atoms with E-state index in [1.54, 1.807) is 28.9 Å². The average molecular weight is 384 g/mol. The van der Waals surface area contributed by atoms with Crippen molar-refractivity contribution in [1.82, 2.24) is 20.2 Å². The summed E-state index contributed by atoms with van der Waals surface area (Å²) in [6.07, 6.45) is -0.690. The first-order valence-corrected chi connectivity index (χ1v) is 9.41. The van der Waals surface area contributed by atoms with Gasteiger partial charge >= 0.3 is 0 Å². The molecule has 2 aromatic carbocycles. The molecule has 8 heteroatoms. The second-order valence-corrected chi connectivity index (χ2v) is 7.06. The summed E-state index contributed by atoms with van der Waals surface area (Å²) in [4.78, 5) is 11.3. The fourth-order valence-corrected chi connectivity index (χ4v) is 3.18. The van der Waals surface area contributed by atoms with Crippen molar-refractivity contribution in [2.45, 2.75) is 25.1 Å². The van der Waals surface area contributed by atoms with E-state index in [-0.39, 0.29) is 12.4 Å². The Hall–Kier alpha value is -2.71. The van der Waals surface area contributed by atoms with E-state index >= 15 is 0 Å². The van der Waals surface area contributed by atoms with Gasteiger partial charge in [-0.25, -0.2) is 0 Å². The Morgan fingerprint density at radius 1 is 1.26 bits per heavy atom. The second kappa shape index (κ2) is 8.79. The summed E-state index contributed by atoms with van der Waals surface area (Å²) in [5.74, 6) is 0.996. The number of tetrazole rings is 1. The lowest BCUT2D eigenvalue weighted by atomic mass is 10.1. The number of aliphatic hydroxyl groups is 1. The molecule has 3 aromatic rings. The van der Waals surface area contributed by atoms with E-state index < -0.39 is 6.10 Å². The lowest BCUT2D eigenvalue weighted by Gasteiger charge is -2.12. The SMILES string of the molecule is CC(=O)c1ccc(OCC(O)CSc2nnnn2-c2cccc(C)c2)cc1. The van der Waals surface area contributed by atoms with Crippen LogP contribution in [0.3, 0.4) is 0 Å². The van der Waals surface area contributed by atoms with Crippen LogP contribution in [-0.4, -0.2) is 49.6 Å². The number of hydrogen-bond donors (Lipinski definition) is 1. The van der Waals surface area contributed by atoms with E-state index in [0.717, 1.165) is 11.3 Å². The number of nitrogens with zero attached hydrogens (tertiary/aromatic N) is 4. The van der Waals surface area contributed by atoms with Gasteiger partial charge in [0.05, 0.1) is 11.8 Å². The molecule has 140 valence electrons. The molecular weight excluding hydrogens is 364 g/mol. The van der Waals surface area contributed by atoms with Crippen LogP contribution in [0.4, 0.5) is 0 Å². The van der Waals surface area contributed by atoms with Crippen molar-refractivity contribution >= 4 is 17.5 Å². The van der Waals surface area contributed by atoms with Gasteiger partial charge in [-0.2, -0.15) is 4.68 Å². The molecule has 27 heavy (non-hydrogen) atoms. The van der Waals surface area contributed by atoms with Crippen LogP contribution in [0.25, 0.3) is 5.69 Å². The number of hydrogen-bond acceptors (Lipinski definition) is 7. The molecule has 0 aliphatic carbocycles. The highest BCUT2D eigenvalue weighted by molar-refractivity contribution is 7.99. The Morgan fingerprint density at radius 2 is 2.04 bits per heavy atom. The van der Waals surface area contributed by atoms with Gasteiger partial charge in [-0.3, -0.25) is 4.79 Å². The molecular formula is C19H20N4O3S. The summed E-state index contributed by atoms with van der Waals surface area (Å²) in [5.41, 5.74) is 2.61. The van der Waals surface area contributed by atoms with Gasteiger partial charge in [0.25, 0.3) is 0 Å². The molecule has 1 N–H and O–H groups in total. The van der Waals surface area contributed by atoms with Crippen LogP contribution in [0.5, 0.6) is 5.75 Å². The standard InChI is InChI=1S/C19H20N4O3S/c1-13-4-3-5-16(10-13)23-19(20-21-22-23)27-12-17(25)11-26-18-8-6-15(7-9-18)14(2)24/h3-10,17,25H,11-12H2,1-2H3. The highest BCUT2D eigenvalue weighted by atomic mass is 32.2. The third kappa shape index (κ3) is 5.15. The van der Waals surface area contributed by atoms with Gasteiger partial charge in [0.15, 0.2) is 5.78 Å². The Morgan fingerprint density at radius 3 is 2.74 bits per heavy atom. The summed E-state index contributed by atoms with van der Waals surface area (Å²) in [5, 5.41) is 22.5. The molecule has 0 aliphatic heterocycles. The average Bonchev–Trinajstić information content (AvgIpc) is 3.13. The topological polar surface area (TPSA) is 90.1 Å². The molecule has 0 fully saturated rings. The summed E-state index contributed by atoms with van der Waals surface area (Å²) >= 11 is 1.36. The van der Waals surface area contributed by atoms with Crippen LogP contribution < -0.4 is 4.74 Å². The molecule has 1 aromatic heterocycles. The number of Topliss-reactive ketones (excluding diaryl/α,β-unsaturated/α-hetero) is 1. The Balaban J connectivity index is 1.53. The van der Waals surface area contributed by atoms with E-state index in [0.29, 0.717) is 22.2 Å². The number of aromatic nitrogens is 4. The van der Waals surface area contributed by atoms with Gasteiger partial charge in [0.1, 0.15) is 12.4 Å². The van der Waals surface area contributed by atoms with Crippen molar-refractivity contribution in [2.75, 3.05) is 12.4 Å². The molecule has 0 radical (unpaired) electrons. The number of thioether (sulfide) groups is 1. The first-order valence-electron chi connectivity index (χ1n) is 8.43. The first-order chi connectivity index (χ1) is 13.0. The Bertz CT molecular complexity index is 911. The number of carbonyl (C=O) groups is 1. The predicted octanol–water partition coefficient (Wildman–Crippen LogP) is 2.71. The zero-order chi connectivity index (χ0) is 19.2. The largest absolute Gasteiger partial charge is 0.491 e. The molecule has 0 saturated heterocycles. The molecule has 0 aliphatic rings. The summed E-state index contributed by atoms with van der Waals surface area (Å²) in [7, 11) is 0. The number of aryl methyl sites for hydroxylation is 1. The Kier molecular flexibility index (Phi) is 6.20. The summed E-state index contributed by atoms with van der Waals surface area (Å²) in [6.45, 7) is 3.66. The van der Waals surface area contributed by atoms with Gasteiger partial charge in [-0.15, -0.1) is 5.10 Å². The van der Waals surface area contributed by atoms with Crippen LogP contribution in [0.2, 0.25) is 0 Å². The number of ether oxygens (including phenoxy) is 1. The quantitative estimate of drug-likeness (QED) is 0.472. The molecule has 3 rings (SSSR count). The van der Waals surface area contributed by atoms with Crippen molar-refractivity contribution in [1.29, 1.82) is 0 Å². The number of rotatable bonds is 8. The summed E-state index contributed by atoms with van der Waals surface area (Å²) in [6, 6.07) is 14.7. The lowest BCUT2D eigenvalue weighted by molar-refractivity contribution is 0.101. The van der Waals surface area contributed by atoms with Crippen LogP contribution in [0.1, 0.15) is 22.8 Å². The van der Waals surface area contributed by atoms with Gasteiger partial charge in [-0.1, -0.05) is 23.9 Å². The van der Waals surface area contributed by atoms with Gasteiger partial charge in [0.2, 0.25) is 5.16 Å². The third-order valence-corrected chi connectivity index (χ3v) is 4.86. The van der Waals surface area contributed by atoms with E-state index in [2.05, 4.69) is 15.5 Å². The molecule has 0 bridgehead atoms. The Labute approximate surface area is 161 Å². The molecule has 1 atom stereocenters. The number of carbonyl (C=O) groups excluding carboxylic acids is 1. The molecule has 0 spiro atoms. The maximum absolute atomic E-state index is 11.3. The zero-order valence-corrected chi connectivity index (χ0v) is 15.9. The lowest BCUT2D eigenvalue weighted by Crippen LogP contribution is -2.20. The highest BCUT2D eigenvalue weighted by Crippen LogP contribution is 2.20. The van der Waals surface area contributed by atoms with E-state index in [1.165, 1.54) is 18.7 Å². The minimum Gasteiger partial charge on any atom is -0.491 e. The number of aliphatic hydroxyl groups excluding tert-OH is 1. The fraction of sp³-hybridized carbons (Fsp3) is 0.263. The number of benzene rings is 2. The maximum atomic E-state index is 11.3. The van der Waals surface area contributed by atoms with Crippen molar-refractivity contribution < 1.29 is 14.6 Å². The van der Waals surface area contributed by atoms with Crippen LogP contribution in [-0.2, 0) is 0 Å². The molecule has 1 heterocycles. The van der Waals surface area contributed by atoms with Crippen molar-refractivity contribution in [3.8, 4) is 11.4 Å². The monoisotopic (exact) mass is 384 g/mol. The molecule has 7 nitrogen and oxygen atoms in total. The molecule has 1 unspecified atom stereocenters.